The third-order valence-corrected chi connectivity index (χ3v) is 3.94. The first kappa shape index (κ1) is 12.8. The highest BCUT2D eigenvalue weighted by Crippen LogP contribution is 2.22. The van der Waals surface area contributed by atoms with Gasteiger partial charge in [0.05, 0.1) is 18.6 Å². The van der Waals surface area contributed by atoms with Crippen LogP contribution >= 0.6 is 0 Å². The van der Waals surface area contributed by atoms with Crippen molar-refractivity contribution in [2.24, 2.45) is 5.92 Å². The molecule has 4 nitrogen and oxygen atoms in total. The van der Waals surface area contributed by atoms with Crippen LogP contribution in [0.25, 0.3) is 0 Å². The van der Waals surface area contributed by atoms with Gasteiger partial charge in [-0.1, -0.05) is 0 Å². The molecule has 2 aliphatic rings. The molecule has 0 aromatic rings. The van der Waals surface area contributed by atoms with E-state index < -0.39 is 0 Å². The van der Waals surface area contributed by atoms with Gasteiger partial charge in [-0.3, -0.25) is 4.79 Å². The number of amides is 1. The molecule has 98 valence electrons. The van der Waals surface area contributed by atoms with Crippen LogP contribution in [-0.2, 0) is 9.53 Å². The van der Waals surface area contributed by atoms with Crippen molar-refractivity contribution in [1.82, 2.24) is 4.90 Å². The molecule has 1 amide bonds. The first-order chi connectivity index (χ1) is 8.16. The number of aliphatic hydroxyl groups is 1. The summed E-state index contributed by atoms with van der Waals surface area (Å²) in [6, 6.07) is 0. The van der Waals surface area contributed by atoms with E-state index in [0.717, 1.165) is 32.4 Å². The van der Waals surface area contributed by atoms with Crippen molar-refractivity contribution in [2.75, 3.05) is 19.7 Å². The van der Waals surface area contributed by atoms with Gasteiger partial charge in [-0.25, -0.2) is 0 Å². The van der Waals surface area contributed by atoms with Gasteiger partial charge in [-0.15, -0.1) is 0 Å². The van der Waals surface area contributed by atoms with Crippen LogP contribution in [-0.4, -0.2) is 47.8 Å². The van der Waals surface area contributed by atoms with Crippen LogP contribution < -0.4 is 0 Å². The molecule has 2 aliphatic heterocycles. The van der Waals surface area contributed by atoms with Crippen LogP contribution in [0.2, 0.25) is 0 Å². The van der Waals surface area contributed by atoms with Crippen molar-refractivity contribution < 1.29 is 14.6 Å². The molecule has 0 spiro atoms. The summed E-state index contributed by atoms with van der Waals surface area (Å²) < 4.78 is 5.59. The molecule has 2 fully saturated rings. The molecule has 0 bridgehead atoms. The van der Waals surface area contributed by atoms with Crippen LogP contribution in [0, 0.1) is 5.92 Å². The zero-order valence-electron chi connectivity index (χ0n) is 10.6. The SMILES string of the molecule is CC(O)C1CCN(C(=O)CC2CCCCO2)C1. The molecule has 0 radical (unpaired) electrons. The minimum absolute atomic E-state index is 0.127. The minimum Gasteiger partial charge on any atom is -0.393 e. The first-order valence-electron chi connectivity index (χ1n) is 6.74. The van der Waals surface area contributed by atoms with E-state index in [4.69, 9.17) is 4.74 Å². The lowest BCUT2D eigenvalue weighted by molar-refractivity contribution is -0.134. The molecule has 3 unspecified atom stereocenters. The smallest absolute Gasteiger partial charge is 0.225 e. The largest absolute Gasteiger partial charge is 0.393 e. The summed E-state index contributed by atoms with van der Waals surface area (Å²) in [5, 5.41) is 9.51. The second-order valence-electron chi connectivity index (χ2n) is 5.32. The van der Waals surface area contributed by atoms with Gasteiger partial charge in [-0.05, 0) is 32.6 Å². The summed E-state index contributed by atoms with van der Waals surface area (Å²) in [6.07, 6.45) is 4.58. The Morgan fingerprint density at radius 1 is 1.47 bits per heavy atom. The Morgan fingerprint density at radius 3 is 2.88 bits per heavy atom. The second kappa shape index (κ2) is 5.83. The molecule has 2 saturated heterocycles. The van der Waals surface area contributed by atoms with Gasteiger partial charge < -0.3 is 14.7 Å². The van der Waals surface area contributed by atoms with E-state index in [1.807, 2.05) is 11.8 Å². The van der Waals surface area contributed by atoms with Crippen LogP contribution in [0.3, 0.4) is 0 Å². The van der Waals surface area contributed by atoms with E-state index in [9.17, 15) is 9.90 Å². The number of rotatable bonds is 3. The quantitative estimate of drug-likeness (QED) is 0.807. The van der Waals surface area contributed by atoms with Crippen molar-refractivity contribution in [3.63, 3.8) is 0 Å². The molecule has 17 heavy (non-hydrogen) atoms. The Hall–Kier alpha value is -0.610. The van der Waals surface area contributed by atoms with Crippen LogP contribution in [0.4, 0.5) is 0 Å². The van der Waals surface area contributed by atoms with Crippen molar-refractivity contribution in [2.45, 2.75) is 51.2 Å². The number of ether oxygens (including phenoxy) is 1. The molecule has 2 heterocycles. The maximum Gasteiger partial charge on any atom is 0.225 e. The van der Waals surface area contributed by atoms with E-state index in [1.165, 1.54) is 6.42 Å². The van der Waals surface area contributed by atoms with Gasteiger partial charge >= 0.3 is 0 Å². The van der Waals surface area contributed by atoms with Gasteiger partial charge in [0.25, 0.3) is 0 Å². The Morgan fingerprint density at radius 2 is 2.29 bits per heavy atom. The number of carbonyl (C=O) groups excluding carboxylic acids is 1. The van der Waals surface area contributed by atoms with Crippen molar-refractivity contribution in [3.05, 3.63) is 0 Å². The highest BCUT2D eigenvalue weighted by molar-refractivity contribution is 5.77. The van der Waals surface area contributed by atoms with Crippen molar-refractivity contribution in [1.29, 1.82) is 0 Å². The van der Waals surface area contributed by atoms with E-state index in [-0.39, 0.29) is 24.0 Å². The monoisotopic (exact) mass is 241 g/mol. The number of hydrogen-bond acceptors (Lipinski definition) is 3. The molecular formula is C13H23NO3. The number of nitrogens with zero attached hydrogens (tertiary/aromatic N) is 1. The molecule has 0 aromatic heterocycles. The molecule has 3 atom stereocenters. The normalized spacial score (nSPS) is 31.5. The topological polar surface area (TPSA) is 49.8 Å². The summed E-state index contributed by atoms with van der Waals surface area (Å²) in [5.41, 5.74) is 0. The fourth-order valence-electron chi connectivity index (χ4n) is 2.70. The number of carbonyl (C=O) groups is 1. The number of hydrogen-bond donors (Lipinski definition) is 1. The van der Waals surface area contributed by atoms with Gasteiger partial charge in [0.2, 0.25) is 5.91 Å². The molecule has 1 N–H and O–H groups in total. The highest BCUT2D eigenvalue weighted by atomic mass is 16.5. The minimum atomic E-state index is -0.307. The number of likely N-dealkylation sites (tertiary alicyclic amines) is 1. The zero-order chi connectivity index (χ0) is 12.3. The van der Waals surface area contributed by atoms with Crippen LogP contribution in [0.1, 0.15) is 39.0 Å². The molecule has 0 saturated carbocycles. The predicted octanol–water partition coefficient (Wildman–Crippen LogP) is 1.17. The maximum atomic E-state index is 12.0. The fourth-order valence-corrected chi connectivity index (χ4v) is 2.70. The zero-order valence-corrected chi connectivity index (χ0v) is 10.6. The van der Waals surface area contributed by atoms with Gasteiger partial charge in [-0.2, -0.15) is 0 Å². The maximum absolute atomic E-state index is 12.0. The number of aliphatic hydroxyl groups excluding tert-OH is 1. The third kappa shape index (κ3) is 3.42. The summed E-state index contributed by atoms with van der Waals surface area (Å²) in [6.45, 7) is 4.11. The van der Waals surface area contributed by atoms with E-state index in [1.54, 1.807) is 0 Å². The van der Waals surface area contributed by atoms with Crippen molar-refractivity contribution in [3.8, 4) is 0 Å². The predicted molar refractivity (Wildman–Crippen MR) is 64.6 cm³/mol. The van der Waals surface area contributed by atoms with Crippen LogP contribution in [0.15, 0.2) is 0 Å². The van der Waals surface area contributed by atoms with E-state index in [2.05, 4.69) is 0 Å². The van der Waals surface area contributed by atoms with Crippen LogP contribution in [0.5, 0.6) is 0 Å². The lowest BCUT2D eigenvalue weighted by Gasteiger charge is -2.25. The van der Waals surface area contributed by atoms with E-state index in [0.29, 0.717) is 13.0 Å². The van der Waals surface area contributed by atoms with Gasteiger partial charge in [0.1, 0.15) is 0 Å². The molecule has 0 aromatic carbocycles. The lowest BCUT2D eigenvalue weighted by Crippen LogP contribution is -2.34. The van der Waals surface area contributed by atoms with E-state index >= 15 is 0 Å². The molecule has 2 rings (SSSR count). The Balaban J connectivity index is 1.76. The average Bonchev–Trinajstić information content (AvgIpc) is 2.79. The van der Waals surface area contributed by atoms with Gasteiger partial charge in [0, 0.05) is 25.6 Å². The Labute approximate surface area is 103 Å². The summed E-state index contributed by atoms with van der Waals surface area (Å²) in [4.78, 5) is 13.9. The molecule has 4 heteroatoms. The lowest BCUT2D eigenvalue weighted by atomic mass is 10.0. The van der Waals surface area contributed by atoms with Gasteiger partial charge in [0.15, 0.2) is 0 Å². The standard InChI is InChI=1S/C13H23NO3/c1-10(15)11-5-6-14(9-11)13(16)8-12-4-2-3-7-17-12/h10-12,15H,2-9H2,1H3. The fraction of sp³-hybridized carbons (Fsp3) is 0.923. The van der Waals surface area contributed by atoms with Crippen molar-refractivity contribution >= 4 is 5.91 Å². The average molecular weight is 241 g/mol. The summed E-state index contributed by atoms with van der Waals surface area (Å²) in [5.74, 6) is 0.450. The Kier molecular flexibility index (Phi) is 4.40. The first-order valence-corrected chi connectivity index (χ1v) is 6.74. The highest BCUT2D eigenvalue weighted by Gasteiger charge is 2.30. The molecule has 0 aliphatic carbocycles. The third-order valence-electron chi connectivity index (χ3n) is 3.94. The molecular weight excluding hydrogens is 218 g/mol. The Bertz CT molecular complexity index is 261. The summed E-state index contributed by atoms with van der Waals surface area (Å²) >= 11 is 0. The second-order valence-corrected chi connectivity index (χ2v) is 5.32. The summed E-state index contributed by atoms with van der Waals surface area (Å²) in [7, 11) is 0.